The second-order valence-corrected chi connectivity index (χ2v) is 4.71. The molecule has 1 aliphatic rings. The van der Waals surface area contributed by atoms with Gasteiger partial charge in [-0.3, -0.25) is 14.9 Å². The molecule has 1 heterocycles. The number of hydrogen-bond acceptors (Lipinski definition) is 6. The van der Waals surface area contributed by atoms with Crippen LogP contribution < -0.4 is 11.1 Å². The molecule has 1 amide bonds. The summed E-state index contributed by atoms with van der Waals surface area (Å²) >= 11 is 0. The third kappa shape index (κ3) is 3.46. The Kier molecular flexibility index (Phi) is 4.35. The highest BCUT2D eigenvalue weighted by molar-refractivity contribution is 5.79. The van der Waals surface area contributed by atoms with Crippen LogP contribution in [0.4, 0.5) is 11.4 Å². The number of nitrogens with two attached hydrogens (primary N) is 1. The van der Waals surface area contributed by atoms with Crippen molar-refractivity contribution in [3.05, 3.63) is 33.9 Å². The standard InChI is InChI=1S/C13H14N4O4/c14-6-8-1-3-11(17(19)20)10(5-8)16-7-9-2-4-12(21-9)13(15)18/h1,3,5,9,12,16H,2,4,7H2,(H2,15,18). The molecule has 2 atom stereocenters. The van der Waals surface area contributed by atoms with E-state index in [9.17, 15) is 14.9 Å². The third-order valence-electron chi connectivity index (χ3n) is 3.27. The van der Waals surface area contributed by atoms with E-state index in [-0.39, 0.29) is 17.5 Å². The minimum atomic E-state index is -0.600. The van der Waals surface area contributed by atoms with Gasteiger partial charge in [-0.15, -0.1) is 0 Å². The first-order valence-corrected chi connectivity index (χ1v) is 6.38. The van der Waals surface area contributed by atoms with Gasteiger partial charge in [-0.1, -0.05) is 0 Å². The Bertz CT molecular complexity index is 611. The molecule has 2 rings (SSSR count). The lowest BCUT2D eigenvalue weighted by atomic mass is 10.1. The minimum Gasteiger partial charge on any atom is -0.377 e. The first kappa shape index (κ1) is 14.7. The molecule has 1 saturated heterocycles. The van der Waals surface area contributed by atoms with Crippen molar-refractivity contribution in [3.8, 4) is 6.07 Å². The van der Waals surface area contributed by atoms with Crippen molar-refractivity contribution in [1.29, 1.82) is 5.26 Å². The van der Waals surface area contributed by atoms with E-state index in [0.29, 0.717) is 24.9 Å². The van der Waals surface area contributed by atoms with Crippen molar-refractivity contribution in [2.24, 2.45) is 5.73 Å². The van der Waals surface area contributed by atoms with E-state index in [1.807, 2.05) is 6.07 Å². The molecule has 0 saturated carbocycles. The molecule has 0 aromatic heterocycles. The molecule has 21 heavy (non-hydrogen) atoms. The lowest BCUT2D eigenvalue weighted by Gasteiger charge is -2.13. The number of carbonyl (C=O) groups is 1. The van der Waals surface area contributed by atoms with E-state index >= 15 is 0 Å². The first-order valence-electron chi connectivity index (χ1n) is 6.38. The van der Waals surface area contributed by atoms with Crippen molar-refractivity contribution < 1.29 is 14.5 Å². The van der Waals surface area contributed by atoms with Crippen LogP contribution in [0.25, 0.3) is 0 Å². The summed E-state index contributed by atoms with van der Waals surface area (Å²) in [5.74, 6) is -0.505. The van der Waals surface area contributed by atoms with Crippen LogP contribution in [0.1, 0.15) is 18.4 Å². The lowest BCUT2D eigenvalue weighted by Crippen LogP contribution is -2.30. The van der Waals surface area contributed by atoms with Gasteiger partial charge < -0.3 is 15.8 Å². The van der Waals surface area contributed by atoms with Gasteiger partial charge in [-0.2, -0.15) is 5.26 Å². The molecular weight excluding hydrogens is 276 g/mol. The van der Waals surface area contributed by atoms with Gasteiger partial charge >= 0.3 is 0 Å². The molecule has 0 bridgehead atoms. The number of nitrogens with zero attached hydrogens (tertiary/aromatic N) is 2. The number of nitrogens with one attached hydrogen (secondary N) is 1. The number of nitro groups is 1. The van der Waals surface area contributed by atoms with Gasteiger partial charge in [0.2, 0.25) is 5.91 Å². The van der Waals surface area contributed by atoms with E-state index in [1.165, 1.54) is 18.2 Å². The Balaban J connectivity index is 2.04. The van der Waals surface area contributed by atoms with Crippen LogP contribution in [-0.4, -0.2) is 29.6 Å². The molecule has 1 aromatic carbocycles. The number of hydrogen-bond donors (Lipinski definition) is 2. The number of carbonyl (C=O) groups excluding carboxylic acids is 1. The maximum atomic E-state index is 11.0. The first-order chi connectivity index (χ1) is 10.0. The zero-order valence-corrected chi connectivity index (χ0v) is 11.1. The van der Waals surface area contributed by atoms with Crippen LogP contribution in [-0.2, 0) is 9.53 Å². The van der Waals surface area contributed by atoms with Crippen molar-refractivity contribution >= 4 is 17.3 Å². The largest absolute Gasteiger partial charge is 0.377 e. The van der Waals surface area contributed by atoms with Crippen molar-refractivity contribution in [2.75, 3.05) is 11.9 Å². The summed E-state index contributed by atoms with van der Waals surface area (Å²) in [6.45, 7) is 0.305. The molecule has 0 spiro atoms. The Hall–Kier alpha value is -2.66. The van der Waals surface area contributed by atoms with Gasteiger partial charge in [0.25, 0.3) is 5.69 Å². The fourth-order valence-electron chi connectivity index (χ4n) is 2.20. The maximum Gasteiger partial charge on any atom is 0.292 e. The Morgan fingerprint density at radius 2 is 2.33 bits per heavy atom. The highest BCUT2D eigenvalue weighted by atomic mass is 16.6. The number of ether oxygens (including phenoxy) is 1. The van der Waals surface area contributed by atoms with Crippen molar-refractivity contribution in [1.82, 2.24) is 0 Å². The summed E-state index contributed by atoms with van der Waals surface area (Å²) in [5.41, 5.74) is 5.63. The highest BCUT2D eigenvalue weighted by Crippen LogP contribution is 2.26. The number of rotatable bonds is 5. The van der Waals surface area contributed by atoms with Crippen LogP contribution >= 0.6 is 0 Å². The molecule has 8 heteroatoms. The van der Waals surface area contributed by atoms with E-state index < -0.39 is 16.9 Å². The Labute approximate surface area is 120 Å². The second kappa shape index (κ2) is 6.19. The van der Waals surface area contributed by atoms with Crippen LogP contribution in [0.3, 0.4) is 0 Å². The van der Waals surface area contributed by atoms with E-state index in [2.05, 4.69) is 5.32 Å². The molecule has 2 unspecified atom stereocenters. The van der Waals surface area contributed by atoms with Crippen molar-refractivity contribution in [2.45, 2.75) is 25.0 Å². The molecule has 8 nitrogen and oxygen atoms in total. The maximum absolute atomic E-state index is 11.0. The smallest absolute Gasteiger partial charge is 0.292 e. The average Bonchev–Trinajstić information content (AvgIpc) is 2.93. The molecule has 0 radical (unpaired) electrons. The van der Waals surface area contributed by atoms with Gasteiger partial charge in [-0.25, -0.2) is 0 Å². The van der Waals surface area contributed by atoms with Crippen LogP contribution in [0.5, 0.6) is 0 Å². The van der Waals surface area contributed by atoms with Crippen molar-refractivity contribution in [3.63, 3.8) is 0 Å². The number of benzene rings is 1. The predicted molar refractivity (Wildman–Crippen MR) is 73.4 cm³/mol. The normalized spacial score (nSPS) is 20.7. The van der Waals surface area contributed by atoms with E-state index in [0.717, 1.165) is 0 Å². The molecule has 1 fully saturated rings. The van der Waals surface area contributed by atoms with Crippen LogP contribution in [0.2, 0.25) is 0 Å². The number of nitriles is 1. The molecule has 3 N–H and O–H groups in total. The van der Waals surface area contributed by atoms with E-state index in [4.69, 9.17) is 15.7 Å². The SMILES string of the molecule is N#Cc1ccc([N+](=O)[O-])c(NCC2CCC(C(N)=O)O2)c1. The van der Waals surface area contributed by atoms with Gasteiger partial charge in [0, 0.05) is 12.6 Å². The molecule has 1 aliphatic heterocycles. The van der Waals surface area contributed by atoms with Gasteiger partial charge in [0.05, 0.1) is 22.7 Å². The zero-order chi connectivity index (χ0) is 15.4. The van der Waals surface area contributed by atoms with Gasteiger partial charge in [-0.05, 0) is 25.0 Å². The zero-order valence-electron chi connectivity index (χ0n) is 11.1. The topological polar surface area (TPSA) is 131 Å². The summed E-state index contributed by atoms with van der Waals surface area (Å²) in [7, 11) is 0. The number of anilines is 1. The highest BCUT2D eigenvalue weighted by Gasteiger charge is 2.29. The molecule has 0 aliphatic carbocycles. The predicted octanol–water partition coefficient (Wildman–Crippen LogP) is 0.911. The van der Waals surface area contributed by atoms with E-state index in [1.54, 1.807) is 0 Å². The number of primary amides is 1. The Morgan fingerprint density at radius 3 is 2.90 bits per heavy atom. The molecule has 1 aromatic rings. The van der Waals surface area contributed by atoms with Crippen LogP contribution in [0, 0.1) is 21.4 Å². The summed E-state index contributed by atoms with van der Waals surface area (Å²) in [6.07, 6.45) is 0.346. The van der Waals surface area contributed by atoms with Crippen LogP contribution in [0.15, 0.2) is 18.2 Å². The average molecular weight is 290 g/mol. The fourth-order valence-corrected chi connectivity index (χ4v) is 2.20. The van der Waals surface area contributed by atoms with Gasteiger partial charge in [0.1, 0.15) is 11.8 Å². The van der Waals surface area contributed by atoms with Gasteiger partial charge in [0.15, 0.2) is 0 Å². The summed E-state index contributed by atoms with van der Waals surface area (Å²) < 4.78 is 5.43. The quantitative estimate of drug-likeness (QED) is 0.612. The summed E-state index contributed by atoms with van der Waals surface area (Å²) in [4.78, 5) is 21.4. The monoisotopic (exact) mass is 290 g/mol. The molecular formula is C13H14N4O4. The Morgan fingerprint density at radius 1 is 1.57 bits per heavy atom. The number of amides is 1. The summed E-state index contributed by atoms with van der Waals surface area (Å²) in [6, 6.07) is 6.01. The minimum absolute atomic E-state index is 0.113. The number of nitro benzene ring substituents is 1. The lowest BCUT2D eigenvalue weighted by molar-refractivity contribution is -0.384. The second-order valence-electron chi connectivity index (χ2n) is 4.71. The summed E-state index contributed by atoms with van der Waals surface area (Å²) in [5, 5.41) is 22.7. The molecule has 110 valence electrons. The third-order valence-corrected chi connectivity index (χ3v) is 3.27. The fraction of sp³-hybridized carbons (Fsp3) is 0.385.